The van der Waals surface area contributed by atoms with Crippen molar-refractivity contribution in [2.45, 2.75) is 39.3 Å². The fourth-order valence-corrected chi connectivity index (χ4v) is 2.39. The first-order valence-corrected chi connectivity index (χ1v) is 8.53. The summed E-state index contributed by atoms with van der Waals surface area (Å²) in [5.74, 6) is 0.973. The number of benzene rings is 2. The number of hydrogen-bond donors (Lipinski definition) is 1. The molecule has 2 aromatic carbocycles. The molecule has 0 heterocycles. The van der Waals surface area contributed by atoms with Crippen molar-refractivity contribution in [1.82, 2.24) is 5.32 Å². The van der Waals surface area contributed by atoms with Crippen molar-refractivity contribution in [3.63, 3.8) is 0 Å². The molecule has 2 rings (SSSR count). The summed E-state index contributed by atoms with van der Waals surface area (Å²) in [6, 6.07) is 13.9. The van der Waals surface area contributed by atoms with Crippen molar-refractivity contribution in [2.75, 3.05) is 0 Å². The Morgan fingerprint density at radius 2 is 1.96 bits per heavy atom. The normalized spacial score (nSPS) is 12.0. The topological polar surface area (TPSA) is 71.3 Å². The highest BCUT2D eigenvalue weighted by molar-refractivity contribution is 6.30. The lowest BCUT2D eigenvalue weighted by Crippen LogP contribution is -2.34. The number of ether oxygens (including phenoxy) is 2. The van der Waals surface area contributed by atoms with Crippen LogP contribution >= 0.6 is 11.6 Å². The maximum atomic E-state index is 11.9. The van der Waals surface area contributed by atoms with Crippen molar-refractivity contribution < 1.29 is 14.3 Å². The van der Waals surface area contributed by atoms with Gasteiger partial charge in [0.1, 0.15) is 23.2 Å². The summed E-state index contributed by atoms with van der Waals surface area (Å²) < 4.78 is 11.1. The lowest BCUT2D eigenvalue weighted by molar-refractivity contribution is 0.0508. The number of hydrogen-bond acceptors (Lipinski definition) is 4. The Kier molecular flexibility index (Phi) is 6.12. The molecule has 1 N–H and O–H groups in total. The first-order chi connectivity index (χ1) is 12.2. The molecule has 0 aliphatic heterocycles. The lowest BCUT2D eigenvalue weighted by Gasteiger charge is -2.22. The maximum Gasteiger partial charge on any atom is 0.408 e. The van der Waals surface area contributed by atoms with E-state index in [0.717, 1.165) is 5.56 Å². The van der Waals surface area contributed by atoms with Crippen molar-refractivity contribution in [1.29, 1.82) is 5.26 Å². The van der Waals surface area contributed by atoms with Crippen LogP contribution in [0.1, 0.15) is 44.9 Å². The molecular weight excluding hydrogens is 352 g/mol. The van der Waals surface area contributed by atoms with Crippen LogP contribution in [0.4, 0.5) is 4.79 Å². The zero-order chi connectivity index (χ0) is 19.3. The Labute approximate surface area is 158 Å². The van der Waals surface area contributed by atoms with Gasteiger partial charge in [0.25, 0.3) is 0 Å². The predicted molar refractivity (Wildman–Crippen MR) is 100 cm³/mol. The summed E-state index contributed by atoms with van der Waals surface area (Å²) in [4.78, 5) is 11.9. The number of nitrogens with one attached hydrogen (secondary N) is 1. The van der Waals surface area contributed by atoms with E-state index in [1.165, 1.54) is 0 Å². The van der Waals surface area contributed by atoms with E-state index in [0.29, 0.717) is 22.1 Å². The van der Waals surface area contributed by atoms with Crippen LogP contribution < -0.4 is 10.1 Å². The number of halogens is 1. The minimum Gasteiger partial charge on any atom is -0.456 e. The van der Waals surface area contributed by atoms with Gasteiger partial charge in [-0.2, -0.15) is 5.26 Å². The van der Waals surface area contributed by atoms with Gasteiger partial charge in [-0.1, -0.05) is 23.7 Å². The van der Waals surface area contributed by atoms with Gasteiger partial charge < -0.3 is 14.8 Å². The van der Waals surface area contributed by atoms with Gasteiger partial charge in [-0.3, -0.25) is 0 Å². The minimum atomic E-state index is -0.558. The van der Waals surface area contributed by atoms with Crippen LogP contribution in [0.3, 0.4) is 0 Å². The third kappa shape index (κ3) is 5.68. The van der Waals surface area contributed by atoms with Crippen LogP contribution in [0.15, 0.2) is 42.5 Å². The predicted octanol–water partition coefficient (Wildman–Crippen LogP) is 5.59. The first kappa shape index (κ1) is 19.6. The summed E-state index contributed by atoms with van der Waals surface area (Å²) in [6.07, 6.45) is -0.485. The number of alkyl carbamates (subject to hydrolysis) is 1. The standard InChI is InChI=1S/C20H21ClN2O3/c1-13(23-19(24)26-20(2,3)4)14-6-5-7-17(11-14)25-18-9-8-16(21)10-15(18)12-22/h5-11,13H,1-4H3,(H,23,24). The Hall–Kier alpha value is -2.71. The zero-order valence-electron chi connectivity index (χ0n) is 15.2. The van der Waals surface area contributed by atoms with Gasteiger partial charge in [0.05, 0.1) is 11.6 Å². The molecule has 0 fully saturated rings. The number of nitrogens with zero attached hydrogens (tertiary/aromatic N) is 1. The van der Waals surface area contributed by atoms with Gasteiger partial charge in [0.15, 0.2) is 0 Å². The second-order valence-electron chi connectivity index (χ2n) is 6.79. The number of nitriles is 1. The van der Waals surface area contributed by atoms with Crippen molar-refractivity contribution in [2.24, 2.45) is 0 Å². The number of carbonyl (C=O) groups excluding carboxylic acids is 1. The van der Waals surface area contributed by atoms with E-state index in [1.807, 2.05) is 39.8 Å². The number of carbonyl (C=O) groups is 1. The van der Waals surface area contributed by atoms with Gasteiger partial charge in [-0.25, -0.2) is 4.79 Å². The van der Waals surface area contributed by atoms with E-state index in [-0.39, 0.29) is 6.04 Å². The van der Waals surface area contributed by atoms with Crippen LogP contribution in [0.25, 0.3) is 0 Å². The fourth-order valence-electron chi connectivity index (χ4n) is 2.22. The molecule has 26 heavy (non-hydrogen) atoms. The molecule has 136 valence electrons. The molecule has 5 nitrogen and oxygen atoms in total. The largest absolute Gasteiger partial charge is 0.456 e. The van der Waals surface area contributed by atoms with Gasteiger partial charge in [-0.05, 0) is 63.6 Å². The summed E-state index contributed by atoms with van der Waals surface area (Å²) >= 11 is 5.90. The lowest BCUT2D eigenvalue weighted by atomic mass is 10.1. The SMILES string of the molecule is CC(NC(=O)OC(C)(C)C)c1cccc(Oc2ccc(Cl)cc2C#N)c1. The Morgan fingerprint density at radius 1 is 1.23 bits per heavy atom. The average Bonchev–Trinajstić information content (AvgIpc) is 2.55. The van der Waals surface area contributed by atoms with E-state index in [2.05, 4.69) is 11.4 Å². The molecule has 0 aromatic heterocycles. The molecule has 1 atom stereocenters. The monoisotopic (exact) mass is 372 g/mol. The quantitative estimate of drug-likeness (QED) is 0.759. The van der Waals surface area contributed by atoms with Crippen molar-refractivity contribution in [3.8, 4) is 17.6 Å². The highest BCUT2D eigenvalue weighted by Crippen LogP contribution is 2.29. The first-order valence-electron chi connectivity index (χ1n) is 8.15. The Balaban J connectivity index is 2.13. The van der Waals surface area contributed by atoms with Crippen LogP contribution in [0, 0.1) is 11.3 Å². The zero-order valence-corrected chi connectivity index (χ0v) is 15.9. The van der Waals surface area contributed by atoms with E-state index in [9.17, 15) is 10.1 Å². The van der Waals surface area contributed by atoms with Crippen LogP contribution in [-0.4, -0.2) is 11.7 Å². The van der Waals surface area contributed by atoms with Gasteiger partial charge in [-0.15, -0.1) is 0 Å². The molecule has 0 aliphatic rings. The van der Waals surface area contributed by atoms with Gasteiger partial charge in [0, 0.05) is 5.02 Å². The molecule has 1 amide bonds. The summed E-state index contributed by atoms with van der Waals surface area (Å²) in [5, 5.41) is 12.5. The molecule has 0 radical (unpaired) electrons. The van der Waals surface area contributed by atoms with Crippen LogP contribution in [0.2, 0.25) is 5.02 Å². The fraction of sp³-hybridized carbons (Fsp3) is 0.300. The second-order valence-corrected chi connectivity index (χ2v) is 7.23. The molecule has 0 spiro atoms. The van der Waals surface area contributed by atoms with Gasteiger partial charge in [0.2, 0.25) is 0 Å². The third-order valence-corrected chi connectivity index (χ3v) is 3.62. The third-order valence-electron chi connectivity index (χ3n) is 3.38. The Bertz CT molecular complexity index is 838. The average molecular weight is 373 g/mol. The highest BCUT2D eigenvalue weighted by Gasteiger charge is 2.18. The van der Waals surface area contributed by atoms with Crippen molar-refractivity contribution >= 4 is 17.7 Å². The maximum absolute atomic E-state index is 11.9. The van der Waals surface area contributed by atoms with Crippen LogP contribution in [0.5, 0.6) is 11.5 Å². The molecule has 0 saturated carbocycles. The van der Waals surface area contributed by atoms with E-state index in [1.54, 1.807) is 30.3 Å². The molecule has 1 unspecified atom stereocenters. The summed E-state index contributed by atoms with van der Waals surface area (Å²) in [6.45, 7) is 7.28. The number of amides is 1. The van der Waals surface area contributed by atoms with Gasteiger partial charge >= 0.3 is 6.09 Å². The minimum absolute atomic E-state index is 0.269. The smallest absolute Gasteiger partial charge is 0.408 e. The van der Waals surface area contributed by atoms with E-state index in [4.69, 9.17) is 21.1 Å². The van der Waals surface area contributed by atoms with E-state index >= 15 is 0 Å². The molecule has 0 bridgehead atoms. The molecule has 2 aromatic rings. The summed E-state index contributed by atoms with van der Waals surface area (Å²) in [5.41, 5.74) is 0.639. The Morgan fingerprint density at radius 3 is 2.62 bits per heavy atom. The number of rotatable bonds is 4. The van der Waals surface area contributed by atoms with Crippen molar-refractivity contribution in [3.05, 3.63) is 58.6 Å². The molecule has 0 aliphatic carbocycles. The van der Waals surface area contributed by atoms with E-state index < -0.39 is 11.7 Å². The molecule has 0 saturated heterocycles. The molecule has 6 heteroatoms. The van der Waals surface area contributed by atoms with Crippen LogP contribution in [-0.2, 0) is 4.74 Å². The second kappa shape index (κ2) is 8.11. The summed E-state index contributed by atoms with van der Waals surface area (Å²) in [7, 11) is 0. The highest BCUT2D eigenvalue weighted by atomic mass is 35.5. The molecular formula is C20H21ClN2O3.